The summed E-state index contributed by atoms with van der Waals surface area (Å²) in [5, 5.41) is 3.16. The molecule has 0 unspecified atom stereocenters. The fraction of sp³-hybridized carbons (Fsp3) is 0.455. The zero-order valence-corrected chi connectivity index (χ0v) is 9.97. The molecular formula is C11H18N4O. The van der Waals surface area contributed by atoms with Gasteiger partial charge in [-0.25, -0.2) is 9.97 Å². The van der Waals surface area contributed by atoms with Gasteiger partial charge in [-0.1, -0.05) is 13.8 Å². The Labute approximate surface area is 95.5 Å². The number of aromatic nitrogens is 3. The lowest BCUT2D eigenvalue weighted by Crippen LogP contribution is -2.09. The normalized spacial score (nSPS) is 9.69. The first-order chi connectivity index (χ1) is 7.92. The molecule has 16 heavy (non-hydrogen) atoms. The van der Waals surface area contributed by atoms with Crippen LogP contribution in [0.15, 0.2) is 24.8 Å². The molecule has 2 heterocycles. The van der Waals surface area contributed by atoms with Gasteiger partial charge in [-0.3, -0.25) is 0 Å². The number of ether oxygens (including phenoxy) is 1. The number of anilines is 1. The van der Waals surface area contributed by atoms with Crippen LogP contribution in [-0.2, 0) is 4.74 Å². The molecule has 1 N–H and O–H groups in total. The highest BCUT2D eigenvalue weighted by molar-refractivity contribution is 5.61. The molecule has 2 rings (SSSR count). The molecule has 5 nitrogen and oxygen atoms in total. The highest BCUT2D eigenvalue weighted by atomic mass is 16.5. The van der Waals surface area contributed by atoms with Gasteiger partial charge in [0.05, 0.1) is 6.61 Å². The number of nitrogens with one attached hydrogen (secondary N) is 1. The molecule has 0 atom stereocenters. The lowest BCUT2D eigenvalue weighted by atomic mass is 10.5. The van der Waals surface area contributed by atoms with Crippen molar-refractivity contribution in [1.82, 2.24) is 14.4 Å². The second-order valence-corrected chi connectivity index (χ2v) is 2.85. The molecule has 0 fully saturated rings. The van der Waals surface area contributed by atoms with Gasteiger partial charge in [-0.05, 0) is 0 Å². The first kappa shape index (κ1) is 12.4. The third-order valence-corrected chi connectivity index (χ3v) is 1.91. The average Bonchev–Trinajstić information content (AvgIpc) is 2.81. The van der Waals surface area contributed by atoms with E-state index in [9.17, 15) is 0 Å². The van der Waals surface area contributed by atoms with Gasteiger partial charge in [0.25, 0.3) is 0 Å². The lowest BCUT2D eigenvalue weighted by molar-refractivity contribution is 0.210. The van der Waals surface area contributed by atoms with E-state index in [0.29, 0.717) is 6.61 Å². The fourth-order valence-electron chi connectivity index (χ4n) is 1.25. The third kappa shape index (κ3) is 2.93. The minimum atomic E-state index is 0.656. The van der Waals surface area contributed by atoms with Crippen LogP contribution in [0, 0.1) is 0 Å². The maximum Gasteiger partial charge on any atom is 0.180 e. The van der Waals surface area contributed by atoms with Gasteiger partial charge in [0.15, 0.2) is 11.5 Å². The quantitative estimate of drug-likeness (QED) is 0.802. The van der Waals surface area contributed by atoms with Crippen LogP contribution in [-0.4, -0.2) is 34.6 Å². The molecule has 2 aromatic heterocycles. The van der Waals surface area contributed by atoms with Gasteiger partial charge < -0.3 is 14.5 Å². The van der Waals surface area contributed by atoms with E-state index in [2.05, 4.69) is 15.3 Å². The first-order valence-corrected chi connectivity index (χ1v) is 5.42. The van der Waals surface area contributed by atoms with Gasteiger partial charge in [-0.2, -0.15) is 0 Å². The van der Waals surface area contributed by atoms with E-state index in [1.165, 1.54) is 0 Å². The predicted molar refractivity (Wildman–Crippen MR) is 64.7 cm³/mol. The van der Waals surface area contributed by atoms with Crippen LogP contribution in [0.4, 0.5) is 5.82 Å². The second kappa shape index (κ2) is 6.79. The number of hydrogen-bond acceptors (Lipinski definition) is 4. The Hall–Kier alpha value is -1.62. The van der Waals surface area contributed by atoms with Gasteiger partial charge in [0.2, 0.25) is 0 Å². The molecule has 0 spiro atoms. The number of fused-ring (bicyclic) bond motifs is 1. The van der Waals surface area contributed by atoms with E-state index < -0.39 is 0 Å². The molecule has 0 bridgehead atoms. The maximum atomic E-state index is 4.94. The van der Waals surface area contributed by atoms with E-state index >= 15 is 0 Å². The van der Waals surface area contributed by atoms with Crippen LogP contribution < -0.4 is 5.32 Å². The Kier molecular flexibility index (Phi) is 5.28. The zero-order chi connectivity index (χ0) is 11.8. The van der Waals surface area contributed by atoms with E-state index in [-0.39, 0.29) is 0 Å². The first-order valence-electron chi connectivity index (χ1n) is 5.42. The topological polar surface area (TPSA) is 51.5 Å². The zero-order valence-electron chi connectivity index (χ0n) is 9.97. The van der Waals surface area contributed by atoms with Crippen molar-refractivity contribution >= 4 is 11.5 Å². The number of nitrogens with zero attached hydrogens (tertiary/aromatic N) is 3. The van der Waals surface area contributed by atoms with Crippen molar-refractivity contribution in [1.29, 1.82) is 0 Å². The van der Waals surface area contributed by atoms with Crippen LogP contribution >= 0.6 is 0 Å². The highest BCUT2D eigenvalue weighted by Gasteiger charge is 2.01. The van der Waals surface area contributed by atoms with Gasteiger partial charge >= 0.3 is 0 Å². The van der Waals surface area contributed by atoms with Crippen LogP contribution in [0.25, 0.3) is 5.65 Å². The van der Waals surface area contributed by atoms with Crippen molar-refractivity contribution in [2.24, 2.45) is 0 Å². The highest BCUT2D eigenvalue weighted by Crippen LogP contribution is 2.09. The van der Waals surface area contributed by atoms with Crippen LogP contribution in [0.5, 0.6) is 0 Å². The molecule has 0 saturated carbocycles. The summed E-state index contributed by atoms with van der Waals surface area (Å²) < 4.78 is 6.86. The Morgan fingerprint density at radius 2 is 1.94 bits per heavy atom. The minimum Gasteiger partial charge on any atom is -0.383 e. The molecule has 88 valence electrons. The maximum absolute atomic E-state index is 4.94. The number of hydrogen-bond donors (Lipinski definition) is 1. The molecule has 2 aromatic rings. The average molecular weight is 222 g/mol. The van der Waals surface area contributed by atoms with Crippen molar-refractivity contribution in [2.75, 3.05) is 25.6 Å². The predicted octanol–water partition coefficient (Wildman–Crippen LogP) is 1.81. The van der Waals surface area contributed by atoms with Gasteiger partial charge in [0.1, 0.15) is 0 Å². The summed E-state index contributed by atoms with van der Waals surface area (Å²) in [4.78, 5) is 8.40. The smallest absolute Gasteiger partial charge is 0.180 e. The number of rotatable bonds is 4. The number of imidazole rings is 1. The summed E-state index contributed by atoms with van der Waals surface area (Å²) in [6.45, 7) is 5.39. The van der Waals surface area contributed by atoms with E-state index in [1.54, 1.807) is 19.5 Å². The third-order valence-electron chi connectivity index (χ3n) is 1.91. The Morgan fingerprint density at radius 3 is 2.62 bits per heavy atom. The molecule has 0 aliphatic carbocycles. The number of methoxy groups -OCH3 is 1. The van der Waals surface area contributed by atoms with Crippen molar-refractivity contribution < 1.29 is 4.74 Å². The molecule has 0 amide bonds. The fourth-order valence-corrected chi connectivity index (χ4v) is 1.25. The summed E-state index contributed by atoms with van der Waals surface area (Å²) in [6, 6.07) is 0. The Bertz CT molecular complexity index is 413. The summed E-state index contributed by atoms with van der Waals surface area (Å²) in [7, 11) is 1.67. The molecule has 0 aromatic carbocycles. The minimum absolute atomic E-state index is 0.656. The SMILES string of the molecule is CC.COCCNc1nccn2ccnc12. The summed E-state index contributed by atoms with van der Waals surface area (Å²) in [6.07, 6.45) is 7.24. The van der Waals surface area contributed by atoms with Gasteiger partial charge in [-0.15, -0.1) is 0 Å². The Balaban J connectivity index is 0.000000606. The second-order valence-electron chi connectivity index (χ2n) is 2.85. The van der Waals surface area contributed by atoms with Crippen LogP contribution in [0.2, 0.25) is 0 Å². The van der Waals surface area contributed by atoms with Crippen molar-refractivity contribution in [3.63, 3.8) is 0 Å². The van der Waals surface area contributed by atoms with Crippen LogP contribution in [0.3, 0.4) is 0 Å². The van der Waals surface area contributed by atoms with E-state index in [1.807, 2.05) is 30.6 Å². The lowest BCUT2D eigenvalue weighted by Gasteiger charge is -2.05. The molecule has 0 aliphatic rings. The van der Waals surface area contributed by atoms with E-state index in [0.717, 1.165) is 18.0 Å². The molecule has 5 heteroatoms. The van der Waals surface area contributed by atoms with Gasteiger partial charge in [0, 0.05) is 38.4 Å². The summed E-state index contributed by atoms with van der Waals surface area (Å²) >= 11 is 0. The monoisotopic (exact) mass is 222 g/mol. The molecule has 0 aliphatic heterocycles. The molecule has 0 radical (unpaired) electrons. The standard InChI is InChI=1S/C9H12N4O.C2H6/c1-14-7-4-11-8-9-12-3-6-13(9)5-2-10-8;1-2/h2-3,5-6H,4,7H2,1H3,(H,10,11);1-2H3. The Morgan fingerprint density at radius 1 is 1.25 bits per heavy atom. The van der Waals surface area contributed by atoms with Crippen molar-refractivity contribution in [3.05, 3.63) is 24.8 Å². The summed E-state index contributed by atoms with van der Waals surface area (Å²) in [5.41, 5.74) is 0.837. The molecule has 0 saturated heterocycles. The summed E-state index contributed by atoms with van der Waals surface area (Å²) in [5.74, 6) is 0.787. The van der Waals surface area contributed by atoms with Crippen molar-refractivity contribution in [2.45, 2.75) is 13.8 Å². The van der Waals surface area contributed by atoms with Crippen LogP contribution in [0.1, 0.15) is 13.8 Å². The van der Waals surface area contributed by atoms with E-state index in [4.69, 9.17) is 4.74 Å². The van der Waals surface area contributed by atoms with Crippen molar-refractivity contribution in [3.8, 4) is 0 Å². The largest absolute Gasteiger partial charge is 0.383 e. The molecular weight excluding hydrogens is 204 g/mol.